The van der Waals surface area contributed by atoms with E-state index in [1.807, 2.05) is 0 Å². The number of rotatable bonds is 7. The van der Waals surface area contributed by atoms with Crippen molar-refractivity contribution in [2.75, 3.05) is 13.1 Å². The minimum absolute atomic E-state index is 0.0221. The lowest BCUT2D eigenvalue weighted by Gasteiger charge is -2.06. The first kappa shape index (κ1) is 11.4. The van der Waals surface area contributed by atoms with Crippen molar-refractivity contribution in [3.63, 3.8) is 0 Å². The zero-order valence-corrected chi connectivity index (χ0v) is 9.42. The summed E-state index contributed by atoms with van der Waals surface area (Å²) in [6, 6.07) is 0.948. The second-order valence-electron chi connectivity index (χ2n) is 4.60. The summed E-state index contributed by atoms with van der Waals surface area (Å²) in [6.07, 6.45) is 4.94. The van der Waals surface area contributed by atoms with Gasteiger partial charge in [-0.1, -0.05) is 0 Å². The highest BCUT2D eigenvalue weighted by atomic mass is 16.2. The molecule has 0 aromatic rings. The first-order chi connectivity index (χ1) is 7.74. The van der Waals surface area contributed by atoms with Crippen molar-refractivity contribution in [1.82, 2.24) is 16.0 Å². The van der Waals surface area contributed by atoms with Gasteiger partial charge in [0.2, 0.25) is 11.8 Å². The molecule has 0 spiro atoms. The summed E-state index contributed by atoms with van der Waals surface area (Å²) in [7, 11) is 0. The van der Waals surface area contributed by atoms with Crippen LogP contribution in [-0.2, 0) is 9.59 Å². The molecule has 2 rings (SSSR count). The molecule has 0 atom stereocenters. The van der Waals surface area contributed by atoms with Gasteiger partial charge in [0.05, 0.1) is 6.54 Å². The maximum atomic E-state index is 11.3. The fourth-order valence-corrected chi connectivity index (χ4v) is 1.43. The Morgan fingerprint density at radius 2 is 1.69 bits per heavy atom. The largest absolute Gasteiger partial charge is 0.354 e. The van der Waals surface area contributed by atoms with Gasteiger partial charge in [-0.15, -0.1) is 0 Å². The molecule has 2 aliphatic rings. The molecule has 2 aliphatic carbocycles. The standard InChI is InChI=1S/C11H19N3O2/c15-10(14-9-3-4-9)5-6-12-11(16)7-13-8-1-2-8/h8-9,13H,1-7H2,(H,12,16)(H,14,15). The third kappa shape index (κ3) is 4.61. The van der Waals surface area contributed by atoms with E-state index >= 15 is 0 Å². The van der Waals surface area contributed by atoms with Crippen LogP contribution in [0.2, 0.25) is 0 Å². The summed E-state index contributed by atoms with van der Waals surface area (Å²) in [5.41, 5.74) is 0. The quantitative estimate of drug-likeness (QED) is 0.548. The predicted molar refractivity (Wildman–Crippen MR) is 59.8 cm³/mol. The Morgan fingerprint density at radius 1 is 1.00 bits per heavy atom. The molecule has 5 nitrogen and oxygen atoms in total. The SMILES string of the molecule is O=C(CNC1CC1)NCCC(=O)NC1CC1. The molecular formula is C11H19N3O2. The number of hydrogen-bond acceptors (Lipinski definition) is 3. The number of carbonyl (C=O) groups excluding carboxylic acids is 2. The Bertz CT molecular complexity index is 272. The van der Waals surface area contributed by atoms with Gasteiger partial charge in [0.1, 0.15) is 0 Å². The van der Waals surface area contributed by atoms with E-state index in [1.54, 1.807) is 0 Å². The van der Waals surface area contributed by atoms with E-state index in [9.17, 15) is 9.59 Å². The Balaban J connectivity index is 1.45. The van der Waals surface area contributed by atoms with Gasteiger partial charge in [0.15, 0.2) is 0 Å². The molecule has 16 heavy (non-hydrogen) atoms. The Morgan fingerprint density at radius 3 is 2.31 bits per heavy atom. The van der Waals surface area contributed by atoms with Crippen molar-refractivity contribution in [2.24, 2.45) is 0 Å². The third-order valence-corrected chi connectivity index (χ3v) is 2.75. The molecule has 2 fully saturated rings. The van der Waals surface area contributed by atoms with Gasteiger partial charge < -0.3 is 16.0 Å². The second kappa shape index (κ2) is 5.30. The highest BCUT2D eigenvalue weighted by Gasteiger charge is 2.23. The van der Waals surface area contributed by atoms with Crippen molar-refractivity contribution in [3.8, 4) is 0 Å². The average Bonchev–Trinajstić information content (AvgIpc) is 3.09. The summed E-state index contributed by atoms with van der Waals surface area (Å²) in [6.45, 7) is 0.804. The van der Waals surface area contributed by atoms with Crippen LogP contribution in [0.15, 0.2) is 0 Å². The number of nitrogens with one attached hydrogen (secondary N) is 3. The lowest BCUT2D eigenvalue weighted by molar-refractivity contribution is -0.122. The topological polar surface area (TPSA) is 70.2 Å². The molecule has 0 aromatic heterocycles. The second-order valence-corrected chi connectivity index (χ2v) is 4.60. The molecular weight excluding hydrogens is 206 g/mol. The van der Waals surface area contributed by atoms with E-state index in [-0.39, 0.29) is 11.8 Å². The van der Waals surface area contributed by atoms with E-state index in [1.165, 1.54) is 12.8 Å². The minimum Gasteiger partial charge on any atom is -0.354 e. The van der Waals surface area contributed by atoms with Crippen LogP contribution in [0, 0.1) is 0 Å². The van der Waals surface area contributed by atoms with Gasteiger partial charge in [0, 0.05) is 25.0 Å². The third-order valence-electron chi connectivity index (χ3n) is 2.75. The number of amides is 2. The van der Waals surface area contributed by atoms with Crippen LogP contribution in [0.3, 0.4) is 0 Å². The lowest BCUT2D eigenvalue weighted by atomic mass is 10.4. The van der Waals surface area contributed by atoms with Crippen molar-refractivity contribution in [2.45, 2.75) is 44.2 Å². The van der Waals surface area contributed by atoms with Crippen LogP contribution in [0.5, 0.6) is 0 Å². The fourth-order valence-electron chi connectivity index (χ4n) is 1.43. The number of hydrogen-bond donors (Lipinski definition) is 3. The molecule has 2 amide bonds. The fraction of sp³-hybridized carbons (Fsp3) is 0.818. The molecule has 0 aromatic carbocycles. The van der Waals surface area contributed by atoms with E-state index < -0.39 is 0 Å². The van der Waals surface area contributed by atoms with Crippen LogP contribution < -0.4 is 16.0 Å². The van der Waals surface area contributed by atoms with Crippen molar-refractivity contribution < 1.29 is 9.59 Å². The average molecular weight is 225 g/mol. The van der Waals surface area contributed by atoms with Crippen LogP contribution in [0.4, 0.5) is 0 Å². The number of carbonyl (C=O) groups is 2. The van der Waals surface area contributed by atoms with Crippen molar-refractivity contribution in [1.29, 1.82) is 0 Å². The summed E-state index contributed by atoms with van der Waals surface area (Å²) in [5, 5.41) is 8.73. The first-order valence-corrected chi connectivity index (χ1v) is 6.03. The minimum atomic E-state index is -0.0221. The van der Waals surface area contributed by atoms with E-state index in [4.69, 9.17) is 0 Å². The Kier molecular flexibility index (Phi) is 3.77. The highest BCUT2D eigenvalue weighted by molar-refractivity contribution is 5.80. The smallest absolute Gasteiger partial charge is 0.233 e. The zero-order chi connectivity index (χ0) is 11.4. The summed E-state index contributed by atoms with van der Waals surface area (Å²) in [5.74, 6) is 0.0177. The van der Waals surface area contributed by atoms with Crippen molar-refractivity contribution in [3.05, 3.63) is 0 Å². The first-order valence-electron chi connectivity index (χ1n) is 6.03. The van der Waals surface area contributed by atoms with Gasteiger partial charge in [-0.3, -0.25) is 9.59 Å². The van der Waals surface area contributed by atoms with Crippen LogP contribution >= 0.6 is 0 Å². The van der Waals surface area contributed by atoms with Gasteiger partial charge in [-0.05, 0) is 25.7 Å². The molecule has 5 heteroatoms. The van der Waals surface area contributed by atoms with Gasteiger partial charge in [-0.2, -0.15) is 0 Å². The van der Waals surface area contributed by atoms with Gasteiger partial charge in [0.25, 0.3) is 0 Å². The molecule has 0 heterocycles. The van der Waals surface area contributed by atoms with Crippen LogP contribution in [-0.4, -0.2) is 37.0 Å². The zero-order valence-electron chi connectivity index (χ0n) is 9.42. The molecule has 3 N–H and O–H groups in total. The predicted octanol–water partition coefficient (Wildman–Crippen LogP) is -0.477. The summed E-state index contributed by atoms with van der Waals surface area (Å²) in [4.78, 5) is 22.6. The monoisotopic (exact) mass is 225 g/mol. The lowest BCUT2D eigenvalue weighted by Crippen LogP contribution is -2.37. The van der Waals surface area contributed by atoms with Crippen LogP contribution in [0.1, 0.15) is 32.1 Å². The van der Waals surface area contributed by atoms with Gasteiger partial charge >= 0.3 is 0 Å². The van der Waals surface area contributed by atoms with Gasteiger partial charge in [-0.25, -0.2) is 0 Å². The molecule has 0 radical (unpaired) electrons. The van der Waals surface area contributed by atoms with Crippen molar-refractivity contribution >= 4 is 11.8 Å². The molecule has 0 aliphatic heterocycles. The van der Waals surface area contributed by atoms with Crippen LogP contribution in [0.25, 0.3) is 0 Å². The summed E-state index contributed by atoms with van der Waals surface area (Å²) >= 11 is 0. The summed E-state index contributed by atoms with van der Waals surface area (Å²) < 4.78 is 0. The molecule has 0 unspecified atom stereocenters. The maximum Gasteiger partial charge on any atom is 0.233 e. The highest BCUT2D eigenvalue weighted by Crippen LogP contribution is 2.18. The molecule has 0 bridgehead atoms. The van der Waals surface area contributed by atoms with E-state index in [0.717, 1.165) is 12.8 Å². The Labute approximate surface area is 95.3 Å². The van der Waals surface area contributed by atoms with E-state index in [0.29, 0.717) is 31.6 Å². The molecule has 2 saturated carbocycles. The molecule has 0 saturated heterocycles. The Hall–Kier alpha value is -1.10. The maximum absolute atomic E-state index is 11.3. The molecule has 90 valence electrons. The normalized spacial score (nSPS) is 19.2. The van der Waals surface area contributed by atoms with E-state index in [2.05, 4.69) is 16.0 Å².